The Morgan fingerprint density at radius 2 is 2.15 bits per heavy atom. The number of carbonyl (C=O) groups is 1. The first kappa shape index (κ1) is 16.1. The number of H-pyrrole nitrogens is 1. The van der Waals surface area contributed by atoms with Gasteiger partial charge in [-0.2, -0.15) is 5.10 Å². The van der Waals surface area contributed by atoms with Gasteiger partial charge in [0, 0.05) is 31.7 Å². The van der Waals surface area contributed by atoms with Gasteiger partial charge < -0.3 is 14.1 Å². The van der Waals surface area contributed by atoms with E-state index in [1.165, 1.54) is 12.8 Å². The van der Waals surface area contributed by atoms with Crippen molar-refractivity contribution in [1.29, 1.82) is 0 Å². The van der Waals surface area contributed by atoms with Crippen LogP contribution in [0.5, 0.6) is 0 Å². The minimum Gasteiger partial charge on any atom is -0.460 e. The zero-order valence-electron chi connectivity index (χ0n) is 15.0. The maximum absolute atomic E-state index is 12.9. The van der Waals surface area contributed by atoms with Gasteiger partial charge in [0.15, 0.2) is 11.5 Å². The number of nitrogens with one attached hydrogen (secondary N) is 1. The zero-order valence-corrected chi connectivity index (χ0v) is 15.0. The molecule has 0 radical (unpaired) electrons. The number of hydrogen-bond donors (Lipinski definition) is 1. The fraction of sp³-hybridized carbons (Fsp3) is 0.579. The molecule has 0 spiro atoms. The van der Waals surface area contributed by atoms with Crippen LogP contribution in [0.1, 0.15) is 29.1 Å². The van der Waals surface area contributed by atoms with Crippen molar-refractivity contribution in [3.8, 4) is 11.5 Å². The molecule has 2 aromatic heterocycles. The molecule has 1 saturated carbocycles. The number of nitrogens with zero attached hydrogens (tertiary/aromatic N) is 3. The van der Waals surface area contributed by atoms with Crippen LogP contribution in [0.25, 0.3) is 11.5 Å². The number of fused-ring (bicyclic) bond motifs is 1. The molecule has 2 aliphatic heterocycles. The summed E-state index contributed by atoms with van der Waals surface area (Å²) in [6.45, 7) is 5.84. The summed E-state index contributed by atoms with van der Waals surface area (Å²) in [4.78, 5) is 17.4. The molecule has 2 saturated heterocycles. The predicted molar refractivity (Wildman–Crippen MR) is 94.8 cm³/mol. The monoisotopic (exact) mass is 356 g/mol. The summed E-state index contributed by atoms with van der Waals surface area (Å²) in [7, 11) is 0. The van der Waals surface area contributed by atoms with E-state index in [0.29, 0.717) is 36.7 Å². The van der Waals surface area contributed by atoms with Crippen LogP contribution in [0.15, 0.2) is 22.6 Å². The Labute approximate surface area is 152 Å². The average Bonchev–Trinajstić information content (AvgIpc) is 3.22. The highest BCUT2D eigenvalue weighted by Crippen LogP contribution is 2.38. The summed E-state index contributed by atoms with van der Waals surface area (Å²) >= 11 is 0. The van der Waals surface area contributed by atoms with Crippen LogP contribution in [0.2, 0.25) is 0 Å². The first-order valence-electron chi connectivity index (χ1n) is 9.44. The molecule has 2 atom stereocenters. The van der Waals surface area contributed by atoms with Gasteiger partial charge in [-0.1, -0.05) is 0 Å². The molecular weight excluding hydrogens is 332 g/mol. The molecule has 1 N–H and O–H groups in total. The van der Waals surface area contributed by atoms with Gasteiger partial charge in [0.25, 0.3) is 5.91 Å². The topological polar surface area (TPSA) is 74.6 Å². The van der Waals surface area contributed by atoms with Crippen molar-refractivity contribution in [2.24, 2.45) is 5.92 Å². The Kier molecular flexibility index (Phi) is 3.86. The molecular formula is C19H24N4O3. The number of aromatic nitrogens is 2. The lowest BCUT2D eigenvalue weighted by molar-refractivity contribution is -0.0816. The molecule has 4 heterocycles. The molecule has 2 aromatic rings. The minimum atomic E-state index is -0.0241. The van der Waals surface area contributed by atoms with Gasteiger partial charge in [-0.3, -0.25) is 14.8 Å². The van der Waals surface area contributed by atoms with Crippen LogP contribution in [0.4, 0.5) is 0 Å². The lowest BCUT2D eigenvalue weighted by Crippen LogP contribution is -2.63. The molecule has 1 aliphatic carbocycles. The van der Waals surface area contributed by atoms with E-state index in [-0.39, 0.29) is 5.91 Å². The van der Waals surface area contributed by atoms with Crippen LogP contribution < -0.4 is 0 Å². The van der Waals surface area contributed by atoms with Crippen molar-refractivity contribution in [1.82, 2.24) is 20.0 Å². The van der Waals surface area contributed by atoms with Crippen molar-refractivity contribution in [2.75, 3.05) is 32.8 Å². The number of rotatable bonds is 3. The molecule has 0 aromatic carbocycles. The highest BCUT2D eigenvalue weighted by molar-refractivity contribution is 5.93. The van der Waals surface area contributed by atoms with Crippen molar-refractivity contribution in [3.63, 3.8) is 0 Å². The number of aromatic amines is 1. The van der Waals surface area contributed by atoms with Gasteiger partial charge in [0.05, 0.1) is 19.3 Å². The third-order valence-corrected chi connectivity index (χ3v) is 5.81. The van der Waals surface area contributed by atoms with Gasteiger partial charge in [-0.15, -0.1) is 0 Å². The maximum atomic E-state index is 12.9. The standard InChI is InChI=1S/C19H24N4O3/c1-12-2-5-18(26-12)15-8-16(21-20-15)19(24)22-6-7-23-14(9-22)10-25-11-17(23)13-3-4-13/h2,5,8,13-14,17H,3-4,6-7,9-11H2,1H3,(H,20,21)/t14-,17-/m1/s1. The van der Waals surface area contributed by atoms with Gasteiger partial charge >= 0.3 is 0 Å². The summed E-state index contributed by atoms with van der Waals surface area (Å²) in [5.41, 5.74) is 1.17. The Morgan fingerprint density at radius 3 is 2.92 bits per heavy atom. The Morgan fingerprint density at radius 1 is 1.27 bits per heavy atom. The normalized spacial score (nSPS) is 26.7. The fourth-order valence-electron chi connectivity index (χ4n) is 4.25. The molecule has 3 aliphatic rings. The van der Waals surface area contributed by atoms with E-state index in [9.17, 15) is 4.79 Å². The molecule has 5 rings (SSSR count). The van der Waals surface area contributed by atoms with Crippen LogP contribution >= 0.6 is 0 Å². The first-order valence-corrected chi connectivity index (χ1v) is 9.44. The molecule has 138 valence electrons. The molecule has 0 bridgehead atoms. The van der Waals surface area contributed by atoms with E-state index in [0.717, 1.165) is 37.1 Å². The molecule has 0 unspecified atom stereocenters. The van der Waals surface area contributed by atoms with Crippen molar-refractivity contribution < 1.29 is 13.9 Å². The van der Waals surface area contributed by atoms with Gasteiger partial charge in [-0.25, -0.2) is 0 Å². The maximum Gasteiger partial charge on any atom is 0.274 e. The third kappa shape index (κ3) is 2.85. The largest absolute Gasteiger partial charge is 0.460 e. The van der Waals surface area contributed by atoms with Gasteiger partial charge in [0.1, 0.15) is 11.5 Å². The number of aryl methyl sites for hydroxylation is 1. The third-order valence-electron chi connectivity index (χ3n) is 5.81. The summed E-state index contributed by atoms with van der Waals surface area (Å²) in [5.74, 6) is 2.31. The number of carbonyl (C=O) groups excluding carboxylic acids is 1. The number of hydrogen-bond acceptors (Lipinski definition) is 5. The van der Waals surface area contributed by atoms with Crippen molar-refractivity contribution in [3.05, 3.63) is 29.7 Å². The summed E-state index contributed by atoms with van der Waals surface area (Å²) in [6, 6.07) is 6.41. The second-order valence-electron chi connectivity index (χ2n) is 7.66. The van der Waals surface area contributed by atoms with E-state index >= 15 is 0 Å². The van der Waals surface area contributed by atoms with E-state index < -0.39 is 0 Å². The highest BCUT2D eigenvalue weighted by atomic mass is 16.5. The minimum absolute atomic E-state index is 0.0241. The molecule has 26 heavy (non-hydrogen) atoms. The molecule has 7 heteroatoms. The van der Waals surface area contributed by atoms with E-state index in [4.69, 9.17) is 9.15 Å². The Balaban J connectivity index is 1.28. The number of piperazine rings is 1. The van der Waals surface area contributed by atoms with Crippen LogP contribution in [0.3, 0.4) is 0 Å². The lowest BCUT2D eigenvalue weighted by Gasteiger charge is -2.48. The van der Waals surface area contributed by atoms with Crippen LogP contribution in [-0.2, 0) is 4.74 Å². The SMILES string of the molecule is Cc1ccc(-c2cc(C(=O)N3CCN4[C@@H](COC[C@@H]4C4CC4)C3)n[nH]2)o1. The second kappa shape index (κ2) is 6.25. The Bertz CT molecular complexity index is 809. The number of amides is 1. The lowest BCUT2D eigenvalue weighted by atomic mass is 10.0. The van der Waals surface area contributed by atoms with Crippen LogP contribution in [0, 0.1) is 12.8 Å². The van der Waals surface area contributed by atoms with Crippen LogP contribution in [-0.4, -0.2) is 70.8 Å². The number of morpholine rings is 1. The first-order chi connectivity index (χ1) is 12.7. The van der Waals surface area contributed by atoms with E-state index in [1.807, 2.05) is 24.0 Å². The average molecular weight is 356 g/mol. The molecule has 3 fully saturated rings. The number of furan rings is 1. The number of ether oxygens (including phenoxy) is 1. The zero-order chi connectivity index (χ0) is 17.7. The van der Waals surface area contributed by atoms with E-state index in [2.05, 4.69) is 15.1 Å². The molecule has 1 amide bonds. The quantitative estimate of drug-likeness (QED) is 0.909. The summed E-state index contributed by atoms with van der Waals surface area (Å²) < 4.78 is 11.4. The predicted octanol–water partition coefficient (Wildman–Crippen LogP) is 1.91. The summed E-state index contributed by atoms with van der Waals surface area (Å²) in [5, 5.41) is 7.13. The van der Waals surface area contributed by atoms with Gasteiger partial charge in [0.2, 0.25) is 0 Å². The van der Waals surface area contributed by atoms with Crippen molar-refractivity contribution in [2.45, 2.75) is 31.8 Å². The highest BCUT2D eigenvalue weighted by Gasteiger charge is 2.43. The van der Waals surface area contributed by atoms with Crippen molar-refractivity contribution >= 4 is 5.91 Å². The molecule has 7 nitrogen and oxygen atoms in total. The smallest absolute Gasteiger partial charge is 0.274 e. The fourth-order valence-corrected chi connectivity index (χ4v) is 4.25. The Hall–Kier alpha value is -2.12. The second-order valence-corrected chi connectivity index (χ2v) is 7.66. The van der Waals surface area contributed by atoms with E-state index in [1.54, 1.807) is 6.07 Å². The summed E-state index contributed by atoms with van der Waals surface area (Å²) in [6.07, 6.45) is 2.64. The van der Waals surface area contributed by atoms with Gasteiger partial charge in [-0.05, 0) is 37.8 Å².